The minimum absolute atomic E-state index is 0.137. The van der Waals surface area contributed by atoms with Crippen molar-refractivity contribution in [3.05, 3.63) is 72.0 Å². The van der Waals surface area contributed by atoms with E-state index in [2.05, 4.69) is 69.2 Å². The maximum Gasteiger partial charge on any atom is 0.224 e. The number of nitrogens with one attached hydrogen (secondary N) is 2. The van der Waals surface area contributed by atoms with E-state index in [0.29, 0.717) is 24.3 Å². The fraction of sp³-hybridized carbons (Fsp3) is 0.481. The van der Waals surface area contributed by atoms with Gasteiger partial charge in [0.05, 0.1) is 0 Å². The van der Waals surface area contributed by atoms with Gasteiger partial charge < -0.3 is 10.6 Å². The lowest BCUT2D eigenvalue weighted by Gasteiger charge is -2.18. The van der Waals surface area contributed by atoms with E-state index in [0.717, 1.165) is 31.4 Å². The Morgan fingerprint density at radius 1 is 1.26 bits per heavy atom. The highest BCUT2D eigenvalue weighted by Gasteiger charge is 2.17. The lowest BCUT2D eigenvalue weighted by molar-refractivity contribution is -0.120. The minimum Gasteiger partial charge on any atom is -0.355 e. The van der Waals surface area contributed by atoms with Crippen molar-refractivity contribution in [2.45, 2.75) is 67.2 Å². The fourth-order valence-corrected chi connectivity index (χ4v) is 2.87. The van der Waals surface area contributed by atoms with Crippen LogP contribution in [0.3, 0.4) is 0 Å². The summed E-state index contributed by atoms with van der Waals surface area (Å²) >= 11 is 0. The number of hydrogen-bond donors (Lipinski definition) is 2. The van der Waals surface area contributed by atoms with Crippen LogP contribution in [0.15, 0.2) is 72.0 Å². The van der Waals surface area contributed by atoms with Gasteiger partial charge in [-0.1, -0.05) is 102 Å². The summed E-state index contributed by atoms with van der Waals surface area (Å²) in [4.78, 5) is 21.4. The zero-order chi connectivity index (χ0) is 23.7. The monoisotopic (exact) mass is 426 g/mol. The molecule has 0 aromatic heterocycles. The first-order valence-electron chi connectivity index (χ1n) is 11.3. The highest BCUT2D eigenvalue weighted by atomic mass is 16.1. The van der Waals surface area contributed by atoms with Crippen molar-refractivity contribution in [1.29, 1.82) is 0 Å². The van der Waals surface area contributed by atoms with Crippen LogP contribution in [0.25, 0.3) is 0 Å². The Hall–Kier alpha value is -2.62. The molecule has 2 N–H and O–H groups in total. The molecule has 0 aromatic rings. The minimum atomic E-state index is 0.137. The average Bonchev–Trinajstić information content (AvgIpc) is 2.91. The number of carbonyl (C=O) groups is 2. The lowest BCUT2D eigenvalue weighted by Crippen LogP contribution is -2.28. The molecule has 172 valence electrons. The number of carbonyl (C=O) groups excluding carboxylic acids is 2. The van der Waals surface area contributed by atoms with Crippen LogP contribution < -0.4 is 10.6 Å². The van der Waals surface area contributed by atoms with Crippen LogP contribution in [0.5, 0.6) is 0 Å². The third kappa shape index (κ3) is 14.1. The van der Waals surface area contributed by atoms with E-state index in [1.807, 2.05) is 32.1 Å². The summed E-state index contributed by atoms with van der Waals surface area (Å²) in [6.45, 7) is 17.0. The molecule has 4 nitrogen and oxygen atoms in total. The molecule has 1 atom stereocenters. The summed E-state index contributed by atoms with van der Waals surface area (Å²) in [5.74, 6) is 0.541. The predicted molar refractivity (Wildman–Crippen MR) is 133 cm³/mol. The lowest BCUT2D eigenvalue weighted by atomic mass is 9.88. The maximum atomic E-state index is 11.1. The summed E-state index contributed by atoms with van der Waals surface area (Å²) in [6.07, 6.45) is 20.4. The van der Waals surface area contributed by atoms with Crippen molar-refractivity contribution in [2.24, 2.45) is 11.3 Å². The van der Waals surface area contributed by atoms with Crippen molar-refractivity contribution in [3.8, 4) is 0 Å². The molecule has 0 bridgehead atoms. The normalized spacial score (nSPS) is 18.1. The summed E-state index contributed by atoms with van der Waals surface area (Å²) in [5, 5.41) is 5.61. The van der Waals surface area contributed by atoms with E-state index >= 15 is 0 Å². The zero-order valence-electron chi connectivity index (χ0n) is 20.3. The van der Waals surface area contributed by atoms with Gasteiger partial charge >= 0.3 is 0 Å². The Bertz CT molecular complexity index is 716. The standard InChI is InChI=1S/C14H23NO.C11H13NO.C2H6/c1-5-6-7-8-13(11-15-12-16)9-10-14(2,3)4;1-8-3-2-4-9-5-6-11(13)12-10(9)7-8;1-2/h5-8,12H,1,9-11H2,2-4H3,(H,15,16);2-4,7-8H,5-6H2,1H3,(H,12,13);1-2H3/b7-6-,13-8-;;. The predicted octanol–water partition coefficient (Wildman–Crippen LogP) is 6.17. The number of hydrogen-bond acceptors (Lipinski definition) is 2. The number of amides is 2. The number of rotatable bonds is 7. The van der Waals surface area contributed by atoms with Crippen molar-refractivity contribution in [1.82, 2.24) is 10.6 Å². The second kappa shape index (κ2) is 16.1. The van der Waals surface area contributed by atoms with Gasteiger partial charge in [-0.3, -0.25) is 9.59 Å². The molecule has 1 saturated heterocycles. The van der Waals surface area contributed by atoms with Gasteiger partial charge in [-0.15, -0.1) is 0 Å². The van der Waals surface area contributed by atoms with Gasteiger partial charge in [0.25, 0.3) is 0 Å². The van der Waals surface area contributed by atoms with Gasteiger partial charge in [-0.25, -0.2) is 0 Å². The van der Waals surface area contributed by atoms with Crippen LogP contribution >= 0.6 is 0 Å². The molecule has 0 aromatic carbocycles. The van der Waals surface area contributed by atoms with E-state index < -0.39 is 0 Å². The molecule has 1 fully saturated rings. The Morgan fingerprint density at radius 3 is 2.58 bits per heavy atom. The van der Waals surface area contributed by atoms with Crippen molar-refractivity contribution in [3.63, 3.8) is 0 Å². The smallest absolute Gasteiger partial charge is 0.224 e. The second-order valence-electron chi connectivity index (χ2n) is 8.57. The first-order chi connectivity index (χ1) is 14.7. The highest BCUT2D eigenvalue weighted by molar-refractivity contribution is 5.81. The van der Waals surface area contributed by atoms with Crippen LogP contribution in [0.1, 0.15) is 67.2 Å². The molecular formula is C27H42N2O2. The molecule has 2 rings (SSSR count). The molecule has 0 radical (unpaired) electrons. The van der Waals surface area contributed by atoms with Crippen LogP contribution in [0, 0.1) is 11.3 Å². The van der Waals surface area contributed by atoms with Crippen LogP contribution in [-0.2, 0) is 9.59 Å². The topological polar surface area (TPSA) is 58.2 Å². The van der Waals surface area contributed by atoms with Crippen LogP contribution in [-0.4, -0.2) is 18.9 Å². The van der Waals surface area contributed by atoms with E-state index in [4.69, 9.17) is 0 Å². The van der Waals surface area contributed by atoms with E-state index in [1.54, 1.807) is 6.08 Å². The maximum absolute atomic E-state index is 11.1. The van der Waals surface area contributed by atoms with Gasteiger partial charge in [0, 0.05) is 18.7 Å². The van der Waals surface area contributed by atoms with Gasteiger partial charge in [-0.2, -0.15) is 0 Å². The molecule has 1 aliphatic carbocycles. The quantitative estimate of drug-likeness (QED) is 0.378. The molecule has 4 heteroatoms. The zero-order valence-corrected chi connectivity index (χ0v) is 20.3. The number of fused-ring (bicyclic) bond motifs is 1. The van der Waals surface area contributed by atoms with Crippen LogP contribution in [0.2, 0.25) is 0 Å². The summed E-state index contributed by atoms with van der Waals surface area (Å²) in [6, 6.07) is 0. The fourth-order valence-electron chi connectivity index (χ4n) is 2.87. The van der Waals surface area contributed by atoms with Gasteiger partial charge in [0.1, 0.15) is 0 Å². The molecule has 1 heterocycles. The Balaban J connectivity index is 0.000000544. The van der Waals surface area contributed by atoms with E-state index in [1.165, 1.54) is 11.1 Å². The largest absolute Gasteiger partial charge is 0.355 e. The molecule has 2 aliphatic rings. The second-order valence-corrected chi connectivity index (χ2v) is 8.57. The summed E-state index contributed by atoms with van der Waals surface area (Å²) < 4.78 is 0. The molecule has 0 spiro atoms. The van der Waals surface area contributed by atoms with Gasteiger partial charge in [-0.05, 0) is 36.2 Å². The Labute approximate surface area is 190 Å². The van der Waals surface area contributed by atoms with Gasteiger partial charge in [0.15, 0.2) is 0 Å². The Kier molecular flexibility index (Phi) is 14.8. The molecule has 1 aliphatic heterocycles. The average molecular weight is 427 g/mol. The molecule has 0 saturated carbocycles. The number of piperidine rings is 1. The molecule has 2 amide bonds. The third-order valence-electron chi connectivity index (χ3n) is 4.57. The van der Waals surface area contributed by atoms with Gasteiger partial charge in [0.2, 0.25) is 12.3 Å². The SMILES string of the molecule is C=C/C=C\C=C(\CCC(C)(C)C)CNC=O.CC.CC1C=CC=C2CCC(=O)NC2=C1. The van der Waals surface area contributed by atoms with Crippen molar-refractivity contribution >= 4 is 12.3 Å². The first kappa shape index (κ1) is 28.4. The Morgan fingerprint density at radius 2 is 1.97 bits per heavy atom. The van der Waals surface area contributed by atoms with Crippen LogP contribution in [0.4, 0.5) is 0 Å². The number of allylic oxidation sites excluding steroid dienone is 9. The summed E-state index contributed by atoms with van der Waals surface area (Å²) in [7, 11) is 0. The van der Waals surface area contributed by atoms with E-state index in [9.17, 15) is 9.59 Å². The van der Waals surface area contributed by atoms with Crippen molar-refractivity contribution < 1.29 is 9.59 Å². The third-order valence-corrected chi connectivity index (χ3v) is 4.57. The first-order valence-corrected chi connectivity index (χ1v) is 11.3. The highest BCUT2D eigenvalue weighted by Crippen LogP contribution is 2.24. The molecular weight excluding hydrogens is 384 g/mol. The summed E-state index contributed by atoms with van der Waals surface area (Å²) in [5.41, 5.74) is 3.82. The van der Waals surface area contributed by atoms with E-state index in [-0.39, 0.29) is 5.91 Å². The van der Waals surface area contributed by atoms with Crippen molar-refractivity contribution in [2.75, 3.05) is 6.54 Å². The molecule has 31 heavy (non-hydrogen) atoms. The molecule has 1 unspecified atom stereocenters.